The Balaban J connectivity index is 3.65. The minimum Gasteiger partial charge on any atom is -0.478 e. The van der Waals surface area contributed by atoms with Gasteiger partial charge in [-0.1, -0.05) is 13.3 Å². The van der Waals surface area contributed by atoms with E-state index in [4.69, 9.17) is 14.6 Å². The Morgan fingerprint density at radius 1 is 1.38 bits per heavy atom. The van der Waals surface area contributed by atoms with Crippen molar-refractivity contribution in [2.24, 2.45) is 0 Å². The maximum absolute atomic E-state index is 11.0. The molecule has 0 bridgehead atoms. The summed E-state index contributed by atoms with van der Waals surface area (Å²) in [6.45, 7) is 4.72. The van der Waals surface area contributed by atoms with Crippen molar-refractivity contribution in [3.05, 3.63) is 12.2 Å². The Morgan fingerprint density at radius 3 is 2.62 bits per heavy atom. The number of aliphatic carboxylic acids is 1. The van der Waals surface area contributed by atoms with E-state index in [0.29, 0.717) is 13.2 Å². The molecule has 0 rings (SSSR count). The van der Waals surface area contributed by atoms with Crippen LogP contribution in [0.5, 0.6) is 0 Å². The van der Waals surface area contributed by atoms with Gasteiger partial charge in [-0.15, -0.1) is 0 Å². The van der Waals surface area contributed by atoms with Crippen LogP contribution in [0.25, 0.3) is 0 Å². The lowest BCUT2D eigenvalue weighted by Gasteiger charge is -2.11. The van der Waals surface area contributed by atoms with Crippen molar-refractivity contribution in [2.45, 2.75) is 32.8 Å². The first-order valence-electron chi connectivity index (χ1n) is 5.25. The van der Waals surface area contributed by atoms with Gasteiger partial charge in [-0.05, 0) is 13.3 Å². The summed E-state index contributed by atoms with van der Waals surface area (Å²) in [5.41, 5.74) is 0. The zero-order chi connectivity index (χ0) is 12.4. The second-order valence-corrected chi connectivity index (χ2v) is 3.35. The Morgan fingerprint density at radius 2 is 2.06 bits per heavy atom. The highest BCUT2D eigenvalue weighted by Gasteiger charge is 2.06. The highest BCUT2D eigenvalue weighted by atomic mass is 16.6. The molecule has 0 saturated heterocycles. The van der Waals surface area contributed by atoms with Crippen LogP contribution in [0.4, 0.5) is 0 Å². The van der Waals surface area contributed by atoms with Gasteiger partial charge in [-0.2, -0.15) is 0 Å². The maximum Gasteiger partial charge on any atom is 0.331 e. The van der Waals surface area contributed by atoms with Gasteiger partial charge in [0.2, 0.25) is 0 Å². The summed E-state index contributed by atoms with van der Waals surface area (Å²) in [4.78, 5) is 21.1. The van der Waals surface area contributed by atoms with Crippen molar-refractivity contribution in [1.29, 1.82) is 0 Å². The first kappa shape index (κ1) is 14.6. The van der Waals surface area contributed by atoms with Gasteiger partial charge in [-0.25, -0.2) is 9.59 Å². The molecule has 1 unspecified atom stereocenters. The molecule has 0 aliphatic carbocycles. The fraction of sp³-hybridized carbons (Fsp3) is 0.636. The minimum atomic E-state index is -1.18. The summed E-state index contributed by atoms with van der Waals surface area (Å²) >= 11 is 0. The molecule has 16 heavy (non-hydrogen) atoms. The molecular weight excluding hydrogens is 212 g/mol. The van der Waals surface area contributed by atoms with Crippen molar-refractivity contribution in [3.63, 3.8) is 0 Å². The van der Waals surface area contributed by atoms with Crippen LogP contribution in [-0.4, -0.2) is 36.4 Å². The van der Waals surface area contributed by atoms with Gasteiger partial charge in [0.05, 0.1) is 6.61 Å². The fourth-order valence-electron chi connectivity index (χ4n) is 0.907. The zero-order valence-corrected chi connectivity index (χ0v) is 9.64. The third-order valence-corrected chi connectivity index (χ3v) is 1.67. The maximum atomic E-state index is 11.0. The third-order valence-electron chi connectivity index (χ3n) is 1.67. The number of esters is 1. The van der Waals surface area contributed by atoms with Crippen LogP contribution in [0.2, 0.25) is 0 Å². The first-order chi connectivity index (χ1) is 7.56. The molecule has 0 heterocycles. The van der Waals surface area contributed by atoms with Crippen LogP contribution in [0.3, 0.4) is 0 Å². The van der Waals surface area contributed by atoms with Crippen LogP contribution >= 0.6 is 0 Å². The fourth-order valence-corrected chi connectivity index (χ4v) is 0.907. The average Bonchev–Trinajstić information content (AvgIpc) is 2.21. The number of hydrogen-bond donors (Lipinski definition) is 1. The molecule has 1 atom stereocenters. The number of carboxylic acids is 1. The molecule has 0 radical (unpaired) electrons. The molecule has 0 aromatic carbocycles. The van der Waals surface area contributed by atoms with Crippen LogP contribution in [0, 0.1) is 0 Å². The van der Waals surface area contributed by atoms with Gasteiger partial charge >= 0.3 is 11.9 Å². The molecule has 92 valence electrons. The van der Waals surface area contributed by atoms with Crippen molar-refractivity contribution in [2.75, 3.05) is 13.2 Å². The lowest BCUT2D eigenvalue weighted by molar-refractivity contribution is -0.145. The number of carbonyl (C=O) groups is 2. The van der Waals surface area contributed by atoms with E-state index >= 15 is 0 Å². The SMILES string of the molecule is CCCCOCC(C)OC(=O)/C=C/C(=O)O. The van der Waals surface area contributed by atoms with E-state index in [0.717, 1.165) is 25.0 Å². The second kappa shape index (κ2) is 8.91. The van der Waals surface area contributed by atoms with Gasteiger partial charge in [0, 0.05) is 18.8 Å². The van der Waals surface area contributed by atoms with Gasteiger partial charge < -0.3 is 14.6 Å². The summed E-state index contributed by atoms with van der Waals surface area (Å²) < 4.78 is 10.1. The summed E-state index contributed by atoms with van der Waals surface area (Å²) in [6, 6.07) is 0. The lowest BCUT2D eigenvalue weighted by Crippen LogP contribution is -2.19. The normalized spacial score (nSPS) is 12.6. The van der Waals surface area contributed by atoms with Crippen LogP contribution in [-0.2, 0) is 19.1 Å². The van der Waals surface area contributed by atoms with E-state index in [1.807, 2.05) is 0 Å². The monoisotopic (exact) mass is 230 g/mol. The van der Waals surface area contributed by atoms with Crippen LogP contribution in [0.1, 0.15) is 26.7 Å². The van der Waals surface area contributed by atoms with E-state index in [1.54, 1.807) is 6.92 Å². The predicted octanol–water partition coefficient (Wildman–Crippen LogP) is 1.38. The molecule has 0 aliphatic rings. The average molecular weight is 230 g/mol. The second-order valence-electron chi connectivity index (χ2n) is 3.35. The Hall–Kier alpha value is -1.36. The Bertz CT molecular complexity index is 247. The van der Waals surface area contributed by atoms with E-state index in [1.165, 1.54) is 0 Å². The standard InChI is InChI=1S/C11H18O5/c1-3-4-7-15-8-9(2)16-11(14)6-5-10(12)13/h5-6,9H,3-4,7-8H2,1-2H3,(H,12,13)/b6-5+. The van der Waals surface area contributed by atoms with Gasteiger partial charge in [0.15, 0.2) is 0 Å². The van der Waals surface area contributed by atoms with Crippen molar-refractivity contribution < 1.29 is 24.2 Å². The number of hydrogen-bond acceptors (Lipinski definition) is 4. The highest BCUT2D eigenvalue weighted by Crippen LogP contribution is 1.96. The summed E-state index contributed by atoms with van der Waals surface area (Å²) in [7, 11) is 0. The van der Waals surface area contributed by atoms with Gasteiger partial charge in [-0.3, -0.25) is 0 Å². The largest absolute Gasteiger partial charge is 0.478 e. The number of carboxylic acid groups (broad SMARTS) is 1. The van der Waals surface area contributed by atoms with Crippen molar-refractivity contribution in [1.82, 2.24) is 0 Å². The summed E-state index contributed by atoms with van der Waals surface area (Å²) in [5.74, 6) is -1.85. The van der Waals surface area contributed by atoms with E-state index in [9.17, 15) is 9.59 Å². The Labute approximate surface area is 95.0 Å². The summed E-state index contributed by atoms with van der Waals surface area (Å²) in [6.07, 6.45) is 3.27. The molecule has 0 spiro atoms. The van der Waals surface area contributed by atoms with E-state index in [2.05, 4.69) is 6.92 Å². The topological polar surface area (TPSA) is 72.8 Å². The lowest BCUT2D eigenvalue weighted by atomic mass is 10.3. The summed E-state index contributed by atoms with van der Waals surface area (Å²) in [5, 5.41) is 8.28. The zero-order valence-electron chi connectivity index (χ0n) is 9.64. The minimum absolute atomic E-state index is 0.326. The molecule has 5 nitrogen and oxygen atoms in total. The first-order valence-corrected chi connectivity index (χ1v) is 5.25. The smallest absolute Gasteiger partial charge is 0.331 e. The molecular formula is C11H18O5. The molecule has 0 aromatic rings. The highest BCUT2D eigenvalue weighted by molar-refractivity contribution is 5.90. The molecule has 0 amide bonds. The molecule has 0 fully saturated rings. The molecule has 0 aromatic heterocycles. The third kappa shape index (κ3) is 9.21. The van der Waals surface area contributed by atoms with E-state index < -0.39 is 11.9 Å². The molecule has 1 N–H and O–H groups in total. The van der Waals surface area contributed by atoms with Crippen LogP contribution in [0.15, 0.2) is 12.2 Å². The molecule has 0 saturated carbocycles. The van der Waals surface area contributed by atoms with Gasteiger partial charge in [0.25, 0.3) is 0 Å². The number of unbranched alkanes of at least 4 members (excludes halogenated alkanes) is 1. The Kier molecular flexibility index (Phi) is 8.15. The van der Waals surface area contributed by atoms with Crippen molar-refractivity contribution in [3.8, 4) is 0 Å². The number of rotatable bonds is 8. The predicted molar refractivity (Wildman–Crippen MR) is 58.1 cm³/mol. The van der Waals surface area contributed by atoms with Crippen molar-refractivity contribution >= 4 is 11.9 Å². The molecule has 5 heteroatoms. The quantitative estimate of drug-likeness (QED) is 0.387. The number of carbonyl (C=O) groups excluding carboxylic acids is 1. The number of ether oxygens (including phenoxy) is 2. The van der Waals surface area contributed by atoms with Gasteiger partial charge in [0.1, 0.15) is 6.10 Å². The van der Waals surface area contributed by atoms with E-state index in [-0.39, 0.29) is 6.10 Å². The molecule has 0 aliphatic heterocycles. The van der Waals surface area contributed by atoms with Crippen LogP contribution < -0.4 is 0 Å².